The maximum absolute atomic E-state index is 14.1. The van der Waals surface area contributed by atoms with Crippen LogP contribution in [0.5, 0.6) is 0 Å². The molecule has 3 amide bonds. The first-order valence-corrected chi connectivity index (χ1v) is 10.3. The van der Waals surface area contributed by atoms with Crippen LogP contribution in [0, 0.1) is 5.92 Å². The van der Waals surface area contributed by atoms with E-state index in [1.54, 1.807) is 69.3 Å². The van der Waals surface area contributed by atoms with Crippen LogP contribution in [0.1, 0.15) is 31.9 Å². The van der Waals surface area contributed by atoms with Gasteiger partial charge in [0.1, 0.15) is 16.4 Å². The van der Waals surface area contributed by atoms with Crippen molar-refractivity contribution >= 4 is 35.3 Å². The maximum Gasteiger partial charge on any atom is 0.421 e. The molecule has 164 valence electrons. The van der Waals surface area contributed by atoms with E-state index in [0.717, 1.165) is 4.90 Å². The van der Waals surface area contributed by atoms with Crippen LogP contribution in [0.4, 0.5) is 16.2 Å². The Morgan fingerprint density at radius 1 is 0.969 bits per heavy atom. The molecule has 2 aliphatic heterocycles. The maximum atomic E-state index is 14.1. The molecule has 2 spiro atoms. The Hall–Kier alpha value is -3.68. The first kappa shape index (κ1) is 20.2. The predicted octanol–water partition coefficient (Wildman–Crippen LogP) is 2.90. The molecule has 0 saturated heterocycles. The summed E-state index contributed by atoms with van der Waals surface area (Å²) < 4.78 is 10.5. The normalized spacial score (nSPS) is 27.2. The Labute approximate surface area is 184 Å². The van der Waals surface area contributed by atoms with E-state index in [4.69, 9.17) is 9.47 Å². The molecule has 3 aliphatic rings. The molecule has 1 N–H and O–H groups in total. The summed E-state index contributed by atoms with van der Waals surface area (Å²) in [4.78, 5) is 54.6. The summed E-state index contributed by atoms with van der Waals surface area (Å²) in [5.74, 6) is -2.95. The van der Waals surface area contributed by atoms with E-state index in [1.807, 2.05) is 0 Å². The van der Waals surface area contributed by atoms with Crippen LogP contribution < -0.4 is 10.2 Å². The summed E-state index contributed by atoms with van der Waals surface area (Å²) in [6, 6.07) is 13.7. The van der Waals surface area contributed by atoms with Crippen molar-refractivity contribution in [3.8, 4) is 0 Å². The number of ether oxygens (including phenoxy) is 2. The van der Waals surface area contributed by atoms with Crippen molar-refractivity contribution in [3.63, 3.8) is 0 Å². The van der Waals surface area contributed by atoms with Crippen molar-refractivity contribution in [2.75, 3.05) is 17.3 Å². The fraction of sp³-hybridized carbons (Fsp3) is 0.333. The van der Waals surface area contributed by atoms with E-state index in [1.165, 1.54) is 7.11 Å². The zero-order valence-corrected chi connectivity index (χ0v) is 18.1. The van der Waals surface area contributed by atoms with E-state index in [0.29, 0.717) is 22.5 Å². The molecule has 2 aromatic carbocycles. The standard InChI is InChI=1S/C24H22N2O6/c1-22(2,3)32-21(30)26-16-12-8-6-10-14(16)24(20(26)29)17(18(27)31-4)23(24)13-9-5-7-11-15(13)25-19(23)28/h5-12,17H,1-4H3,(H,25,28). The van der Waals surface area contributed by atoms with Crippen LogP contribution in [0.2, 0.25) is 0 Å². The Balaban J connectivity index is 1.77. The predicted molar refractivity (Wildman–Crippen MR) is 114 cm³/mol. The smallest absolute Gasteiger partial charge is 0.421 e. The van der Waals surface area contributed by atoms with Crippen LogP contribution in [-0.4, -0.2) is 36.6 Å². The number of nitrogens with zero attached hydrogens (tertiary/aromatic N) is 1. The second-order valence-electron chi connectivity index (χ2n) is 9.21. The Morgan fingerprint density at radius 2 is 1.59 bits per heavy atom. The highest BCUT2D eigenvalue weighted by molar-refractivity contribution is 6.31. The van der Waals surface area contributed by atoms with Gasteiger partial charge >= 0.3 is 12.1 Å². The molecule has 5 rings (SSSR count). The number of carbonyl (C=O) groups is 4. The van der Waals surface area contributed by atoms with Crippen LogP contribution in [0.25, 0.3) is 0 Å². The van der Waals surface area contributed by atoms with Gasteiger partial charge in [-0.15, -0.1) is 0 Å². The number of methoxy groups -OCH3 is 1. The molecule has 0 bridgehead atoms. The minimum atomic E-state index is -1.61. The lowest BCUT2D eigenvalue weighted by molar-refractivity contribution is -0.144. The number of rotatable bonds is 1. The van der Waals surface area contributed by atoms with Gasteiger partial charge < -0.3 is 14.8 Å². The zero-order valence-electron chi connectivity index (χ0n) is 18.1. The SMILES string of the molecule is COC(=O)C1C2(C(=O)Nc3ccccc32)C12C(=O)N(C(=O)OC(C)(C)C)c1ccccc12. The van der Waals surface area contributed by atoms with Gasteiger partial charge in [0.15, 0.2) is 0 Å². The quantitative estimate of drug-likeness (QED) is 0.693. The molecule has 1 fully saturated rings. The van der Waals surface area contributed by atoms with E-state index in [9.17, 15) is 19.2 Å². The zero-order chi connectivity index (χ0) is 23.1. The van der Waals surface area contributed by atoms with Crippen LogP contribution in [-0.2, 0) is 34.7 Å². The number of hydrogen-bond acceptors (Lipinski definition) is 6. The molecular formula is C24H22N2O6. The number of benzene rings is 2. The number of para-hydroxylation sites is 2. The lowest BCUT2D eigenvalue weighted by Crippen LogP contribution is -2.44. The van der Waals surface area contributed by atoms with Crippen LogP contribution in [0.3, 0.4) is 0 Å². The highest BCUT2D eigenvalue weighted by Crippen LogP contribution is 2.77. The number of imide groups is 1. The molecule has 0 radical (unpaired) electrons. The number of nitrogens with one attached hydrogen (secondary N) is 1. The summed E-state index contributed by atoms with van der Waals surface area (Å²) in [6.45, 7) is 5.09. The van der Waals surface area contributed by atoms with Crippen molar-refractivity contribution < 1.29 is 28.7 Å². The average Bonchev–Trinajstić information content (AvgIpc) is 3.16. The van der Waals surface area contributed by atoms with E-state index in [2.05, 4.69) is 5.32 Å². The summed E-state index contributed by atoms with van der Waals surface area (Å²) >= 11 is 0. The molecule has 8 heteroatoms. The molecule has 0 aromatic heterocycles. The minimum absolute atomic E-state index is 0.301. The topological polar surface area (TPSA) is 102 Å². The molecule has 3 atom stereocenters. The second kappa shape index (κ2) is 6.18. The van der Waals surface area contributed by atoms with Gasteiger partial charge in [-0.2, -0.15) is 0 Å². The lowest BCUT2D eigenvalue weighted by Gasteiger charge is -2.24. The van der Waals surface area contributed by atoms with Gasteiger partial charge in [0.25, 0.3) is 0 Å². The highest BCUT2D eigenvalue weighted by Gasteiger charge is 2.92. The molecule has 2 aromatic rings. The third-order valence-corrected chi connectivity index (χ3v) is 6.49. The highest BCUT2D eigenvalue weighted by atomic mass is 16.6. The molecule has 8 nitrogen and oxygen atoms in total. The summed E-state index contributed by atoms with van der Waals surface area (Å²) in [7, 11) is 1.22. The number of anilines is 2. The molecule has 1 aliphatic carbocycles. The Kier molecular flexibility index (Phi) is 3.91. The summed E-state index contributed by atoms with van der Waals surface area (Å²) in [5, 5.41) is 2.81. The van der Waals surface area contributed by atoms with Crippen molar-refractivity contribution in [3.05, 3.63) is 59.7 Å². The molecule has 2 heterocycles. The van der Waals surface area contributed by atoms with E-state index < -0.39 is 46.2 Å². The van der Waals surface area contributed by atoms with Gasteiger partial charge in [-0.05, 0) is 44.0 Å². The van der Waals surface area contributed by atoms with E-state index in [-0.39, 0.29) is 0 Å². The monoisotopic (exact) mass is 434 g/mol. The van der Waals surface area contributed by atoms with Gasteiger partial charge in [-0.3, -0.25) is 14.4 Å². The van der Waals surface area contributed by atoms with E-state index >= 15 is 0 Å². The second-order valence-corrected chi connectivity index (χ2v) is 9.21. The Bertz CT molecular complexity index is 1210. The fourth-order valence-electron chi connectivity index (χ4n) is 5.46. The first-order valence-electron chi connectivity index (χ1n) is 10.3. The largest absolute Gasteiger partial charge is 0.469 e. The van der Waals surface area contributed by atoms with Crippen molar-refractivity contribution in [2.24, 2.45) is 5.92 Å². The Morgan fingerprint density at radius 3 is 2.25 bits per heavy atom. The summed E-state index contributed by atoms with van der Waals surface area (Å²) in [6.07, 6.45) is -0.857. The van der Waals surface area contributed by atoms with Gasteiger partial charge in [-0.25, -0.2) is 9.69 Å². The molecule has 32 heavy (non-hydrogen) atoms. The summed E-state index contributed by atoms with van der Waals surface area (Å²) in [5.41, 5.74) is -2.17. The molecule has 1 saturated carbocycles. The lowest BCUT2D eigenvalue weighted by atomic mass is 9.83. The van der Waals surface area contributed by atoms with Crippen molar-refractivity contribution in [2.45, 2.75) is 37.2 Å². The fourth-order valence-corrected chi connectivity index (χ4v) is 5.46. The van der Waals surface area contributed by atoms with Crippen molar-refractivity contribution in [1.82, 2.24) is 0 Å². The number of amides is 3. The van der Waals surface area contributed by atoms with Gasteiger partial charge in [-0.1, -0.05) is 36.4 Å². The number of fused-ring (bicyclic) bond motifs is 5. The van der Waals surface area contributed by atoms with Crippen LogP contribution >= 0.6 is 0 Å². The van der Waals surface area contributed by atoms with Gasteiger partial charge in [0, 0.05) is 5.69 Å². The third-order valence-electron chi connectivity index (χ3n) is 6.49. The van der Waals surface area contributed by atoms with Crippen LogP contribution in [0.15, 0.2) is 48.5 Å². The minimum Gasteiger partial charge on any atom is -0.469 e. The first-order chi connectivity index (χ1) is 15.1. The third kappa shape index (κ3) is 2.16. The number of carbonyl (C=O) groups excluding carboxylic acids is 4. The number of esters is 1. The van der Waals surface area contributed by atoms with Gasteiger partial charge in [0.2, 0.25) is 11.8 Å². The number of hydrogen-bond donors (Lipinski definition) is 1. The average molecular weight is 434 g/mol. The van der Waals surface area contributed by atoms with Crippen molar-refractivity contribution in [1.29, 1.82) is 0 Å². The van der Waals surface area contributed by atoms with Gasteiger partial charge in [0.05, 0.1) is 18.7 Å². The molecular weight excluding hydrogens is 412 g/mol. The molecule has 3 unspecified atom stereocenters.